The standard InChI is InChI=1S/C16H16N2O3/c1-12-6-8-14(9-7-12)18-16(19)11-21-15-5-3-2-4-13(15)10-17-20/h2-10,20H,11H2,1H3,(H,18,19). The second-order valence-electron chi connectivity index (χ2n) is 4.49. The van der Waals surface area contributed by atoms with Crippen LogP contribution >= 0.6 is 0 Å². The van der Waals surface area contributed by atoms with E-state index in [0.717, 1.165) is 11.3 Å². The fraction of sp³-hybridized carbons (Fsp3) is 0.125. The molecule has 0 spiro atoms. The number of hydrogen-bond acceptors (Lipinski definition) is 4. The molecule has 0 radical (unpaired) electrons. The summed E-state index contributed by atoms with van der Waals surface area (Å²) in [4.78, 5) is 11.8. The van der Waals surface area contributed by atoms with Crippen LogP contribution in [-0.2, 0) is 4.79 Å². The number of nitrogens with one attached hydrogen (secondary N) is 1. The van der Waals surface area contributed by atoms with Crippen LogP contribution in [0.2, 0.25) is 0 Å². The molecule has 0 heterocycles. The number of ether oxygens (including phenoxy) is 1. The Hall–Kier alpha value is -2.82. The summed E-state index contributed by atoms with van der Waals surface area (Å²) in [5.41, 5.74) is 2.45. The first kappa shape index (κ1) is 14.6. The Labute approximate surface area is 122 Å². The maximum Gasteiger partial charge on any atom is 0.262 e. The van der Waals surface area contributed by atoms with Crippen molar-refractivity contribution in [2.24, 2.45) is 5.16 Å². The third-order valence-corrected chi connectivity index (χ3v) is 2.81. The van der Waals surface area contributed by atoms with Crippen molar-refractivity contribution in [1.82, 2.24) is 0 Å². The molecule has 2 N–H and O–H groups in total. The average molecular weight is 284 g/mol. The minimum Gasteiger partial charge on any atom is -0.483 e. The zero-order chi connectivity index (χ0) is 15.1. The van der Waals surface area contributed by atoms with Crippen LogP contribution in [0.15, 0.2) is 53.7 Å². The quantitative estimate of drug-likeness (QED) is 0.504. The first-order valence-electron chi connectivity index (χ1n) is 6.45. The first-order valence-corrected chi connectivity index (χ1v) is 6.45. The van der Waals surface area contributed by atoms with E-state index in [1.165, 1.54) is 6.21 Å². The summed E-state index contributed by atoms with van der Waals surface area (Å²) in [6.07, 6.45) is 1.26. The highest BCUT2D eigenvalue weighted by Gasteiger charge is 2.06. The van der Waals surface area contributed by atoms with E-state index in [2.05, 4.69) is 10.5 Å². The Balaban J connectivity index is 1.93. The van der Waals surface area contributed by atoms with E-state index in [1.54, 1.807) is 24.3 Å². The van der Waals surface area contributed by atoms with E-state index >= 15 is 0 Å². The van der Waals surface area contributed by atoms with E-state index in [1.807, 2.05) is 31.2 Å². The van der Waals surface area contributed by atoms with Crippen molar-refractivity contribution in [2.75, 3.05) is 11.9 Å². The molecule has 21 heavy (non-hydrogen) atoms. The molecule has 0 aliphatic carbocycles. The Morgan fingerprint density at radius 1 is 1.24 bits per heavy atom. The van der Waals surface area contributed by atoms with Crippen molar-refractivity contribution < 1.29 is 14.7 Å². The van der Waals surface area contributed by atoms with Crippen molar-refractivity contribution in [3.63, 3.8) is 0 Å². The highest BCUT2D eigenvalue weighted by atomic mass is 16.5. The maximum absolute atomic E-state index is 11.8. The number of carbonyl (C=O) groups excluding carboxylic acids is 1. The molecule has 5 nitrogen and oxygen atoms in total. The molecule has 0 aromatic heterocycles. The summed E-state index contributed by atoms with van der Waals surface area (Å²) < 4.78 is 5.43. The largest absolute Gasteiger partial charge is 0.483 e. The summed E-state index contributed by atoms with van der Waals surface area (Å²) in [6.45, 7) is 1.86. The van der Waals surface area contributed by atoms with Crippen LogP contribution in [0.4, 0.5) is 5.69 Å². The number of aryl methyl sites for hydroxylation is 1. The van der Waals surface area contributed by atoms with Crippen molar-refractivity contribution in [3.05, 3.63) is 59.7 Å². The van der Waals surface area contributed by atoms with E-state index in [4.69, 9.17) is 9.94 Å². The van der Waals surface area contributed by atoms with Gasteiger partial charge in [0.05, 0.1) is 6.21 Å². The van der Waals surface area contributed by atoms with Crippen LogP contribution in [0.25, 0.3) is 0 Å². The lowest BCUT2D eigenvalue weighted by atomic mass is 10.2. The second-order valence-corrected chi connectivity index (χ2v) is 4.49. The number of carbonyl (C=O) groups is 1. The van der Waals surface area contributed by atoms with Crippen molar-refractivity contribution in [2.45, 2.75) is 6.92 Å². The average Bonchev–Trinajstić information content (AvgIpc) is 2.49. The van der Waals surface area contributed by atoms with Gasteiger partial charge in [-0.15, -0.1) is 0 Å². The van der Waals surface area contributed by atoms with E-state index in [-0.39, 0.29) is 12.5 Å². The number of nitrogens with zero attached hydrogens (tertiary/aromatic N) is 1. The van der Waals surface area contributed by atoms with Gasteiger partial charge in [0.25, 0.3) is 5.91 Å². The van der Waals surface area contributed by atoms with Crippen molar-refractivity contribution in [3.8, 4) is 5.75 Å². The zero-order valence-electron chi connectivity index (χ0n) is 11.6. The smallest absolute Gasteiger partial charge is 0.262 e. The maximum atomic E-state index is 11.8. The summed E-state index contributed by atoms with van der Waals surface area (Å²) >= 11 is 0. The Morgan fingerprint density at radius 3 is 2.67 bits per heavy atom. The highest BCUT2D eigenvalue weighted by Crippen LogP contribution is 2.16. The molecule has 2 aromatic carbocycles. The van der Waals surface area contributed by atoms with Gasteiger partial charge in [-0.3, -0.25) is 4.79 Å². The molecule has 0 aliphatic heterocycles. The molecule has 0 unspecified atom stereocenters. The lowest BCUT2D eigenvalue weighted by Gasteiger charge is -2.09. The van der Waals surface area contributed by atoms with Crippen molar-refractivity contribution in [1.29, 1.82) is 0 Å². The van der Waals surface area contributed by atoms with Gasteiger partial charge in [0.2, 0.25) is 0 Å². The Bertz CT molecular complexity index is 636. The van der Waals surface area contributed by atoms with Gasteiger partial charge in [0, 0.05) is 11.3 Å². The third kappa shape index (κ3) is 4.35. The fourth-order valence-corrected chi connectivity index (χ4v) is 1.76. The summed E-state index contributed by atoms with van der Waals surface area (Å²) in [7, 11) is 0. The van der Waals surface area contributed by atoms with E-state index in [9.17, 15) is 4.79 Å². The predicted octanol–water partition coefficient (Wildman–Crippen LogP) is 2.82. The summed E-state index contributed by atoms with van der Waals surface area (Å²) in [5, 5.41) is 14.3. The Kier molecular flexibility index (Phi) is 4.93. The predicted molar refractivity (Wildman–Crippen MR) is 81.1 cm³/mol. The van der Waals surface area contributed by atoms with Crippen LogP contribution in [-0.4, -0.2) is 23.9 Å². The summed E-state index contributed by atoms with van der Waals surface area (Å²) in [5.74, 6) is 0.226. The van der Waals surface area contributed by atoms with Crippen LogP contribution in [0, 0.1) is 6.92 Å². The number of hydrogen-bond donors (Lipinski definition) is 2. The Morgan fingerprint density at radius 2 is 1.95 bits per heavy atom. The SMILES string of the molecule is Cc1ccc(NC(=O)COc2ccccc2C=NO)cc1. The van der Waals surface area contributed by atoms with Crippen LogP contribution in [0.3, 0.4) is 0 Å². The molecule has 108 valence electrons. The minimum atomic E-state index is -0.255. The van der Waals surface area contributed by atoms with Gasteiger partial charge in [0.1, 0.15) is 5.75 Å². The second kappa shape index (κ2) is 7.09. The number of anilines is 1. The van der Waals surface area contributed by atoms with Gasteiger partial charge in [-0.1, -0.05) is 35.0 Å². The molecule has 0 atom stereocenters. The minimum absolute atomic E-state index is 0.121. The molecule has 5 heteroatoms. The number of amides is 1. The van der Waals surface area contributed by atoms with E-state index in [0.29, 0.717) is 11.3 Å². The topological polar surface area (TPSA) is 70.9 Å². The molecule has 0 saturated heterocycles. The normalized spacial score (nSPS) is 10.5. The molecular formula is C16H16N2O3. The van der Waals surface area contributed by atoms with Crippen LogP contribution in [0.5, 0.6) is 5.75 Å². The first-order chi connectivity index (χ1) is 10.2. The summed E-state index contributed by atoms with van der Waals surface area (Å²) in [6, 6.07) is 14.5. The number of oxime groups is 1. The molecule has 0 saturated carbocycles. The lowest BCUT2D eigenvalue weighted by molar-refractivity contribution is -0.118. The molecule has 0 bridgehead atoms. The van der Waals surface area contributed by atoms with Crippen LogP contribution in [0.1, 0.15) is 11.1 Å². The third-order valence-electron chi connectivity index (χ3n) is 2.81. The number of benzene rings is 2. The van der Waals surface area contributed by atoms with Gasteiger partial charge in [-0.2, -0.15) is 0 Å². The molecule has 1 amide bonds. The van der Waals surface area contributed by atoms with E-state index < -0.39 is 0 Å². The lowest BCUT2D eigenvalue weighted by Crippen LogP contribution is -2.20. The number of rotatable bonds is 5. The molecule has 2 rings (SSSR count). The van der Waals surface area contributed by atoms with Crippen molar-refractivity contribution >= 4 is 17.8 Å². The molecule has 0 aliphatic rings. The molecule has 2 aromatic rings. The van der Waals surface area contributed by atoms with Gasteiger partial charge in [-0.25, -0.2) is 0 Å². The molecular weight excluding hydrogens is 268 g/mol. The van der Waals surface area contributed by atoms with Gasteiger partial charge in [0.15, 0.2) is 6.61 Å². The monoisotopic (exact) mass is 284 g/mol. The fourth-order valence-electron chi connectivity index (χ4n) is 1.76. The van der Waals surface area contributed by atoms with Gasteiger partial charge in [-0.05, 0) is 31.2 Å². The number of para-hydroxylation sites is 1. The molecule has 0 fully saturated rings. The highest BCUT2D eigenvalue weighted by molar-refractivity contribution is 5.92. The zero-order valence-corrected chi connectivity index (χ0v) is 11.6. The van der Waals surface area contributed by atoms with Gasteiger partial charge >= 0.3 is 0 Å². The van der Waals surface area contributed by atoms with Gasteiger partial charge < -0.3 is 15.3 Å². The van der Waals surface area contributed by atoms with Crippen LogP contribution < -0.4 is 10.1 Å².